The molecular weight excluding hydrogens is 408 g/mol. The summed E-state index contributed by atoms with van der Waals surface area (Å²) in [6.07, 6.45) is 6.72. The highest BCUT2D eigenvalue weighted by molar-refractivity contribution is 8.00. The molecule has 0 N–H and O–H groups in total. The van der Waals surface area contributed by atoms with E-state index in [-0.39, 0.29) is 5.78 Å². The smallest absolute Gasteiger partial charge is 0.198 e. The molecule has 8 heteroatoms. The first-order valence-electron chi connectivity index (χ1n) is 9.20. The Labute approximate surface area is 175 Å². The minimum absolute atomic E-state index is 0.0926. The Hall–Kier alpha value is -1.90. The minimum Gasteiger partial charge on any atom is -0.293 e. The van der Waals surface area contributed by atoms with Gasteiger partial charge in [-0.2, -0.15) is 0 Å². The largest absolute Gasteiger partial charge is 0.293 e. The Kier molecular flexibility index (Phi) is 4.86. The Bertz CT molecular complexity index is 1180. The molecule has 1 aliphatic rings. The number of rotatable bonds is 5. The van der Waals surface area contributed by atoms with Gasteiger partial charge in [0.05, 0.1) is 11.1 Å². The van der Waals surface area contributed by atoms with Crippen molar-refractivity contribution in [2.45, 2.75) is 36.0 Å². The molecule has 0 saturated heterocycles. The van der Waals surface area contributed by atoms with Crippen LogP contribution in [0.2, 0.25) is 0 Å². The maximum absolute atomic E-state index is 12.5. The summed E-state index contributed by atoms with van der Waals surface area (Å²) < 4.78 is 2.03. The molecule has 3 heterocycles. The van der Waals surface area contributed by atoms with Gasteiger partial charge < -0.3 is 0 Å². The predicted molar refractivity (Wildman–Crippen MR) is 116 cm³/mol. The van der Waals surface area contributed by atoms with Gasteiger partial charge in [-0.1, -0.05) is 53.9 Å². The molecule has 0 fully saturated rings. The van der Waals surface area contributed by atoms with Crippen LogP contribution in [0.5, 0.6) is 0 Å². The number of aromatic nitrogens is 4. The molecule has 0 bridgehead atoms. The number of fused-ring (bicyclic) bond motifs is 5. The molecule has 3 aromatic heterocycles. The number of ketones is 1. The van der Waals surface area contributed by atoms with Crippen molar-refractivity contribution in [3.8, 4) is 0 Å². The summed E-state index contributed by atoms with van der Waals surface area (Å²) >= 11 is 4.82. The highest BCUT2D eigenvalue weighted by Crippen LogP contribution is 2.39. The van der Waals surface area contributed by atoms with Gasteiger partial charge in [-0.05, 0) is 37.5 Å². The van der Waals surface area contributed by atoms with E-state index < -0.39 is 0 Å². The molecule has 5 nitrogen and oxygen atoms in total. The van der Waals surface area contributed by atoms with Crippen LogP contribution in [-0.4, -0.2) is 37.4 Å². The van der Waals surface area contributed by atoms with Gasteiger partial charge in [0.1, 0.15) is 4.83 Å². The molecule has 1 aromatic carbocycles. The molecule has 0 spiro atoms. The fourth-order valence-corrected chi connectivity index (χ4v) is 6.41. The molecule has 28 heavy (non-hydrogen) atoms. The van der Waals surface area contributed by atoms with Crippen LogP contribution in [0.1, 0.15) is 33.6 Å². The van der Waals surface area contributed by atoms with Crippen LogP contribution in [0.3, 0.4) is 0 Å². The van der Waals surface area contributed by atoms with Crippen LogP contribution >= 0.6 is 34.9 Å². The fraction of sp³-hybridized carbons (Fsp3) is 0.300. The summed E-state index contributed by atoms with van der Waals surface area (Å²) in [5.41, 5.74) is 3.01. The average molecular weight is 427 g/mol. The van der Waals surface area contributed by atoms with Crippen LogP contribution in [0.25, 0.3) is 15.9 Å². The maximum atomic E-state index is 12.5. The van der Waals surface area contributed by atoms with Gasteiger partial charge in [0, 0.05) is 10.4 Å². The highest BCUT2D eigenvalue weighted by atomic mass is 32.2. The molecule has 5 rings (SSSR count). The standard InChI is InChI=1S/C20H18N4OS3/c1-26-19-21-18-16(13-9-5-6-10-15(13)28-18)17-22-23-20(24(17)19)27-11-14(25)12-7-3-2-4-8-12/h2-4,7-8H,5-6,9-11H2,1H3. The first kappa shape index (κ1) is 18.1. The molecule has 0 unspecified atom stereocenters. The molecular formula is C20H18N4OS3. The molecule has 0 atom stereocenters. The number of carbonyl (C=O) groups is 1. The lowest BCUT2D eigenvalue weighted by atomic mass is 9.97. The van der Waals surface area contributed by atoms with E-state index in [0.29, 0.717) is 5.75 Å². The SMILES string of the molecule is CSc1nc2sc3c(c2c2nnc(SCC(=O)c4ccccc4)n12)CCCC3. The zero-order valence-electron chi connectivity index (χ0n) is 15.3. The van der Waals surface area contributed by atoms with Crippen LogP contribution in [-0.2, 0) is 12.8 Å². The second-order valence-corrected chi connectivity index (χ2v) is 9.51. The van der Waals surface area contributed by atoms with E-state index in [1.165, 1.54) is 35.0 Å². The Morgan fingerprint density at radius 1 is 1.14 bits per heavy atom. The number of Topliss-reactive ketones (excluding diaryl/α,β-unsaturated/α-hetero) is 1. The average Bonchev–Trinajstić information content (AvgIpc) is 3.33. The van der Waals surface area contributed by atoms with E-state index in [1.807, 2.05) is 41.0 Å². The van der Waals surface area contributed by atoms with Crippen molar-refractivity contribution in [2.24, 2.45) is 0 Å². The quantitative estimate of drug-likeness (QED) is 0.257. The number of carbonyl (C=O) groups excluding carboxylic acids is 1. The highest BCUT2D eigenvalue weighted by Gasteiger charge is 2.23. The van der Waals surface area contributed by atoms with Crippen LogP contribution in [0, 0.1) is 0 Å². The lowest BCUT2D eigenvalue weighted by Crippen LogP contribution is -2.04. The summed E-state index contributed by atoms with van der Waals surface area (Å²) in [5.74, 6) is 0.424. The van der Waals surface area contributed by atoms with E-state index in [9.17, 15) is 4.79 Å². The van der Waals surface area contributed by atoms with Gasteiger partial charge in [-0.25, -0.2) is 9.38 Å². The number of thioether (sulfide) groups is 2. The molecule has 4 aromatic rings. The van der Waals surface area contributed by atoms with Crippen LogP contribution in [0.4, 0.5) is 0 Å². The normalized spacial score (nSPS) is 13.9. The first-order chi connectivity index (χ1) is 13.8. The second kappa shape index (κ2) is 7.50. The zero-order chi connectivity index (χ0) is 19.1. The zero-order valence-corrected chi connectivity index (χ0v) is 17.8. The summed E-state index contributed by atoms with van der Waals surface area (Å²) in [4.78, 5) is 19.9. The number of hydrogen-bond acceptors (Lipinski definition) is 7. The Morgan fingerprint density at radius 3 is 2.79 bits per heavy atom. The number of hydrogen-bond donors (Lipinski definition) is 0. The van der Waals surface area contributed by atoms with Crippen molar-refractivity contribution in [3.63, 3.8) is 0 Å². The van der Waals surface area contributed by atoms with Crippen LogP contribution < -0.4 is 0 Å². The summed E-state index contributed by atoms with van der Waals surface area (Å²) in [6, 6.07) is 9.38. The van der Waals surface area contributed by atoms with Gasteiger partial charge in [0.25, 0.3) is 0 Å². The Balaban J connectivity index is 1.56. The van der Waals surface area contributed by atoms with E-state index in [4.69, 9.17) is 4.98 Å². The molecule has 0 radical (unpaired) electrons. The monoisotopic (exact) mass is 426 g/mol. The van der Waals surface area contributed by atoms with Gasteiger partial charge in [-0.15, -0.1) is 21.5 Å². The molecule has 142 valence electrons. The lowest BCUT2D eigenvalue weighted by Gasteiger charge is -2.10. The Morgan fingerprint density at radius 2 is 1.96 bits per heavy atom. The summed E-state index contributed by atoms with van der Waals surface area (Å²) in [6.45, 7) is 0. The number of aryl methyl sites for hydroxylation is 2. The number of benzene rings is 1. The predicted octanol–water partition coefficient (Wildman–Crippen LogP) is 4.91. The van der Waals surface area contributed by atoms with Crippen molar-refractivity contribution in [3.05, 3.63) is 46.3 Å². The minimum atomic E-state index is 0.0926. The number of thiophene rings is 1. The molecule has 0 aliphatic heterocycles. The van der Waals surface area contributed by atoms with Crippen molar-refractivity contribution < 1.29 is 4.79 Å². The second-order valence-electron chi connectivity index (χ2n) is 6.71. The lowest BCUT2D eigenvalue weighted by molar-refractivity contribution is 0.102. The topological polar surface area (TPSA) is 60.2 Å². The van der Waals surface area contributed by atoms with E-state index in [1.54, 1.807) is 23.1 Å². The summed E-state index contributed by atoms with van der Waals surface area (Å²) in [5, 5.41) is 11.7. The first-order valence-corrected chi connectivity index (χ1v) is 12.2. The van der Waals surface area contributed by atoms with Crippen molar-refractivity contribution >= 4 is 56.5 Å². The van der Waals surface area contributed by atoms with E-state index in [2.05, 4.69) is 10.2 Å². The van der Waals surface area contributed by atoms with Crippen molar-refractivity contribution in [2.75, 3.05) is 12.0 Å². The van der Waals surface area contributed by atoms with E-state index >= 15 is 0 Å². The fourth-order valence-electron chi connectivity index (χ4n) is 3.67. The molecule has 0 amide bonds. The third kappa shape index (κ3) is 3.03. The maximum Gasteiger partial charge on any atom is 0.198 e. The number of nitrogens with zero attached hydrogens (tertiary/aromatic N) is 4. The molecule has 1 aliphatic carbocycles. The molecule has 0 saturated carbocycles. The van der Waals surface area contributed by atoms with Crippen molar-refractivity contribution in [1.82, 2.24) is 19.6 Å². The van der Waals surface area contributed by atoms with Crippen molar-refractivity contribution in [1.29, 1.82) is 0 Å². The van der Waals surface area contributed by atoms with Gasteiger partial charge in [0.2, 0.25) is 0 Å². The summed E-state index contributed by atoms with van der Waals surface area (Å²) in [7, 11) is 0. The van der Waals surface area contributed by atoms with Gasteiger partial charge >= 0.3 is 0 Å². The third-order valence-electron chi connectivity index (χ3n) is 5.01. The van der Waals surface area contributed by atoms with Gasteiger partial charge in [-0.3, -0.25) is 4.79 Å². The van der Waals surface area contributed by atoms with Crippen LogP contribution in [0.15, 0.2) is 40.6 Å². The third-order valence-corrected chi connectivity index (χ3v) is 7.76. The van der Waals surface area contributed by atoms with E-state index in [0.717, 1.165) is 44.6 Å². The van der Waals surface area contributed by atoms with Gasteiger partial charge in [0.15, 0.2) is 21.7 Å².